The summed E-state index contributed by atoms with van der Waals surface area (Å²) in [7, 11) is 1.97. The highest BCUT2D eigenvalue weighted by Gasteiger charge is 2.01. The first-order valence-corrected chi connectivity index (χ1v) is 6.27. The van der Waals surface area contributed by atoms with Crippen LogP contribution in [0.25, 0.3) is 0 Å². The fourth-order valence-corrected chi connectivity index (χ4v) is 2.11. The van der Waals surface area contributed by atoms with Gasteiger partial charge in [-0.25, -0.2) is 0 Å². The number of benzene rings is 1. The lowest BCUT2D eigenvalue weighted by Gasteiger charge is -2.10. The third-order valence-electron chi connectivity index (χ3n) is 2.38. The highest BCUT2D eigenvalue weighted by atomic mass is 32.2. The Morgan fingerprint density at radius 3 is 2.53 bits per heavy atom. The van der Waals surface area contributed by atoms with Crippen molar-refractivity contribution in [1.82, 2.24) is 5.32 Å². The predicted octanol–water partition coefficient (Wildman–Crippen LogP) is 2.44. The summed E-state index contributed by atoms with van der Waals surface area (Å²) in [6.45, 7) is 2.43. The smallest absolute Gasteiger partial charge is 0.0439 e. The van der Waals surface area contributed by atoms with Crippen LogP contribution in [0.2, 0.25) is 0 Å². The van der Waals surface area contributed by atoms with Crippen molar-refractivity contribution < 1.29 is 5.11 Å². The number of aliphatic hydroxyl groups excluding tert-OH is 1. The molecule has 2 N–H and O–H groups in total. The van der Waals surface area contributed by atoms with Crippen LogP contribution < -0.4 is 5.32 Å². The summed E-state index contributed by atoms with van der Waals surface area (Å²) in [6.07, 6.45) is 0.860. The van der Waals surface area contributed by atoms with Crippen LogP contribution in [-0.4, -0.2) is 24.5 Å². The van der Waals surface area contributed by atoms with Gasteiger partial charge in [0.05, 0.1) is 0 Å². The average molecular weight is 225 g/mol. The Morgan fingerprint density at radius 2 is 2.00 bits per heavy atom. The molecule has 0 bridgehead atoms. The molecule has 0 heterocycles. The van der Waals surface area contributed by atoms with E-state index in [-0.39, 0.29) is 6.61 Å². The second-order valence-corrected chi connectivity index (χ2v) is 4.67. The second kappa shape index (κ2) is 6.88. The van der Waals surface area contributed by atoms with E-state index in [4.69, 9.17) is 5.11 Å². The normalized spacial score (nSPS) is 12.7. The number of aliphatic hydroxyl groups is 1. The van der Waals surface area contributed by atoms with Gasteiger partial charge in [-0.3, -0.25) is 0 Å². The summed E-state index contributed by atoms with van der Waals surface area (Å²) < 4.78 is 0. The molecule has 0 spiro atoms. The van der Waals surface area contributed by atoms with Crippen LogP contribution in [0, 0.1) is 0 Å². The molecule has 1 aromatic carbocycles. The molecular formula is C12H19NOS. The Morgan fingerprint density at radius 1 is 1.33 bits per heavy atom. The van der Waals surface area contributed by atoms with Gasteiger partial charge in [0.25, 0.3) is 0 Å². The summed E-state index contributed by atoms with van der Waals surface area (Å²) >= 11 is 1.79. The molecule has 0 aliphatic carbocycles. The molecular weight excluding hydrogens is 206 g/mol. The third-order valence-corrected chi connectivity index (χ3v) is 3.48. The maximum Gasteiger partial charge on any atom is 0.0439 e. The van der Waals surface area contributed by atoms with Crippen LogP contribution in [0.3, 0.4) is 0 Å². The van der Waals surface area contributed by atoms with Gasteiger partial charge in [-0.1, -0.05) is 12.1 Å². The number of rotatable bonds is 6. The molecule has 84 valence electrons. The van der Waals surface area contributed by atoms with Crippen LogP contribution in [0.1, 0.15) is 24.9 Å². The van der Waals surface area contributed by atoms with Crippen molar-refractivity contribution in [2.24, 2.45) is 0 Å². The highest BCUT2D eigenvalue weighted by molar-refractivity contribution is 7.99. The zero-order valence-corrected chi connectivity index (χ0v) is 10.2. The summed E-state index contributed by atoms with van der Waals surface area (Å²) in [5.74, 6) is 0.984. The molecule has 2 nitrogen and oxygen atoms in total. The van der Waals surface area contributed by atoms with Gasteiger partial charge in [0, 0.05) is 23.3 Å². The van der Waals surface area contributed by atoms with Crippen molar-refractivity contribution in [3.8, 4) is 0 Å². The van der Waals surface area contributed by atoms with Crippen LogP contribution in [0.5, 0.6) is 0 Å². The van der Waals surface area contributed by atoms with Gasteiger partial charge < -0.3 is 10.4 Å². The zero-order valence-electron chi connectivity index (χ0n) is 9.36. The van der Waals surface area contributed by atoms with E-state index in [0.29, 0.717) is 6.04 Å². The molecule has 0 aliphatic rings. The van der Waals surface area contributed by atoms with Crippen LogP contribution in [0.15, 0.2) is 29.2 Å². The lowest BCUT2D eigenvalue weighted by atomic mass is 10.1. The number of hydrogen-bond acceptors (Lipinski definition) is 3. The summed E-state index contributed by atoms with van der Waals surface area (Å²) in [4.78, 5) is 1.27. The number of hydrogen-bond donors (Lipinski definition) is 2. The molecule has 0 fully saturated rings. The SMILES string of the molecule is CNC(C)c1ccc(SCCCO)cc1. The molecule has 1 atom stereocenters. The Bertz CT molecular complexity index is 273. The number of thioether (sulfide) groups is 1. The van der Waals surface area contributed by atoms with Gasteiger partial charge in [-0.2, -0.15) is 0 Å². The molecule has 1 unspecified atom stereocenters. The van der Waals surface area contributed by atoms with Crippen molar-refractivity contribution in [1.29, 1.82) is 0 Å². The lowest BCUT2D eigenvalue weighted by molar-refractivity contribution is 0.296. The monoisotopic (exact) mass is 225 g/mol. The molecule has 0 aliphatic heterocycles. The first-order valence-electron chi connectivity index (χ1n) is 5.29. The van der Waals surface area contributed by atoms with Gasteiger partial charge >= 0.3 is 0 Å². The third kappa shape index (κ3) is 4.24. The van der Waals surface area contributed by atoms with Gasteiger partial charge in [0.15, 0.2) is 0 Å². The molecule has 1 rings (SSSR count). The maximum atomic E-state index is 8.67. The minimum Gasteiger partial charge on any atom is -0.396 e. The number of nitrogens with one attached hydrogen (secondary N) is 1. The van der Waals surface area contributed by atoms with E-state index in [0.717, 1.165) is 12.2 Å². The topological polar surface area (TPSA) is 32.3 Å². The predicted molar refractivity (Wildman–Crippen MR) is 66.3 cm³/mol. The van der Waals surface area contributed by atoms with Gasteiger partial charge in [-0.05, 0) is 38.1 Å². The summed E-state index contributed by atoms with van der Waals surface area (Å²) in [5, 5.41) is 11.9. The van der Waals surface area contributed by atoms with Crippen molar-refractivity contribution >= 4 is 11.8 Å². The minimum atomic E-state index is 0.280. The van der Waals surface area contributed by atoms with Crippen LogP contribution in [0.4, 0.5) is 0 Å². The van der Waals surface area contributed by atoms with E-state index in [1.54, 1.807) is 11.8 Å². The fraction of sp³-hybridized carbons (Fsp3) is 0.500. The molecule has 15 heavy (non-hydrogen) atoms. The molecule has 1 aromatic rings. The van der Waals surface area contributed by atoms with E-state index >= 15 is 0 Å². The Balaban J connectivity index is 2.49. The first-order chi connectivity index (χ1) is 7.27. The van der Waals surface area contributed by atoms with E-state index in [1.165, 1.54) is 10.5 Å². The lowest BCUT2D eigenvalue weighted by Crippen LogP contribution is -2.11. The van der Waals surface area contributed by atoms with Crippen molar-refractivity contribution in [3.05, 3.63) is 29.8 Å². The first kappa shape index (κ1) is 12.6. The molecule has 0 radical (unpaired) electrons. The Kier molecular flexibility index (Phi) is 5.76. The van der Waals surface area contributed by atoms with Crippen molar-refractivity contribution in [2.45, 2.75) is 24.3 Å². The van der Waals surface area contributed by atoms with Gasteiger partial charge in [0.1, 0.15) is 0 Å². The van der Waals surface area contributed by atoms with Crippen LogP contribution in [-0.2, 0) is 0 Å². The highest BCUT2D eigenvalue weighted by Crippen LogP contribution is 2.21. The fourth-order valence-electron chi connectivity index (χ4n) is 1.27. The minimum absolute atomic E-state index is 0.280. The van der Waals surface area contributed by atoms with E-state index < -0.39 is 0 Å². The second-order valence-electron chi connectivity index (χ2n) is 3.51. The quantitative estimate of drug-likeness (QED) is 0.576. The Labute approximate surface area is 96.1 Å². The molecule has 0 amide bonds. The summed E-state index contributed by atoms with van der Waals surface area (Å²) in [5.41, 5.74) is 1.31. The maximum absolute atomic E-state index is 8.67. The standard InChI is InChI=1S/C12H19NOS/c1-10(13-2)11-4-6-12(7-5-11)15-9-3-8-14/h4-7,10,13-14H,3,8-9H2,1-2H3. The average Bonchev–Trinajstić information content (AvgIpc) is 2.29. The largest absolute Gasteiger partial charge is 0.396 e. The summed E-state index contributed by atoms with van der Waals surface area (Å²) in [6, 6.07) is 9.00. The Hall–Kier alpha value is -0.510. The van der Waals surface area contributed by atoms with Crippen molar-refractivity contribution in [3.63, 3.8) is 0 Å². The molecule has 0 aromatic heterocycles. The molecule has 0 saturated heterocycles. The van der Waals surface area contributed by atoms with E-state index in [2.05, 4.69) is 36.5 Å². The van der Waals surface area contributed by atoms with Crippen molar-refractivity contribution in [2.75, 3.05) is 19.4 Å². The zero-order chi connectivity index (χ0) is 11.1. The van der Waals surface area contributed by atoms with Crippen LogP contribution >= 0.6 is 11.8 Å². The molecule has 3 heteroatoms. The molecule has 0 saturated carbocycles. The van der Waals surface area contributed by atoms with E-state index in [1.807, 2.05) is 7.05 Å². The van der Waals surface area contributed by atoms with Gasteiger partial charge in [-0.15, -0.1) is 11.8 Å². The van der Waals surface area contributed by atoms with Gasteiger partial charge in [0.2, 0.25) is 0 Å². The van der Waals surface area contributed by atoms with E-state index in [9.17, 15) is 0 Å².